The molecular weight excluding hydrogens is 404 g/mol. The molecule has 2 aliphatic rings. The maximum absolute atomic E-state index is 12.8. The first-order valence-corrected chi connectivity index (χ1v) is 12.2. The van der Waals surface area contributed by atoms with Gasteiger partial charge in [0.25, 0.3) is 0 Å². The summed E-state index contributed by atoms with van der Waals surface area (Å²) in [6.45, 7) is 7.16. The zero-order valence-corrected chi connectivity index (χ0v) is 19.5. The third-order valence-electron chi connectivity index (χ3n) is 6.75. The van der Waals surface area contributed by atoms with Crippen LogP contribution in [-0.2, 0) is 9.59 Å². The van der Waals surface area contributed by atoms with Crippen molar-refractivity contribution in [2.24, 2.45) is 11.8 Å². The van der Waals surface area contributed by atoms with E-state index in [2.05, 4.69) is 41.5 Å². The monoisotopic (exact) mass is 442 g/mol. The maximum atomic E-state index is 12.8. The van der Waals surface area contributed by atoms with Crippen molar-refractivity contribution in [3.63, 3.8) is 0 Å². The Balaban J connectivity index is 1.43. The average Bonchev–Trinajstić information content (AvgIpc) is 2.81. The molecule has 1 saturated carbocycles. The van der Waals surface area contributed by atoms with Crippen LogP contribution in [-0.4, -0.2) is 55.0 Å². The number of urea groups is 1. The number of rotatable bonds is 11. The SMILES string of the molecule is CCCCCN1C(=O)NC2CC(C(=O)NCCCN(CC)c3ccccc3)CCC2C1=O. The molecule has 7 heteroatoms. The van der Waals surface area contributed by atoms with E-state index < -0.39 is 0 Å². The van der Waals surface area contributed by atoms with Gasteiger partial charge in [0, 0.05) is 43.8 Å². The summed E-state index contributed by atoms with van der Waals surface area (Å²) < 4.78 is 0. The van der Waals surface area contributed by atoms with Gasteiger partial charge in [-0.25, -0.2) is 4.79 Å². The predicted octanol–water partition coefficient (Wildman–Crippen LogP) is 3.55. The van der Waals surface area contributed by atoms with Gasteiger partial charge >= 0.3 is 6.03 Å². The number of hydrogen-bond acceptors (Lipinski definition) is 4. The Hall–Kier alpha value is -2.57. The molecule has 3 atom stereocenters. The number of nitrogens with one attached hydrogen (secondary N) is 2. The molecule has 1 aliphatic heterocycles. The number of amides is 4. The summed E-state index contributed by atoms with van der Waals surface area (Å²) in [5.41, 5.74) is 1.20. The number of fused-ring (bicyclic) bond motifs is 1. The van der Waals surface area contributed by atoms with Crippen LogP contribution in [0, 0.1) is 11.8 Å². The fourth-order valence-corrected chi connectivity index (χ4v) is 4.87. The Morgan fingerprint density at radius 3 is 2.62 bits per heavy atom. The summed E-state index contributed by atoms with van der Waals surface area (Å²) in [4.78, 5) is 41.7. The molecule has 1 aromatic rings. The largest absolute Gasteiger partial charge is 0.372 e. The molecule has 3 rings (SSSR count). The second-order valence-electron chi connectivity index (χ2n) is 8.93. The third-order valence-corrected chi connectivity index (χ3v) is 6.75. The van der Waals surface area contributed by atoms with Gasteiger partial charge in [-0.15, -0.1) is 0 Å². The molecule has 0 bridgehead atoms. The van der Waals surface area contributed by atoms with E-state index in [0.717, 1.165) is 38.8 Å². The number of anilines is 1. The molecule has 32 heavy (non-hydrogen) atoms. The number of nitrogens with zero attached hydrogens (tertiary/aromatic N) is 2. The van der Waals surface area contributed by atoms with Crippen LogP contribution in [0.2, 0.25) is 0 Å². The number of benzene rings is 1. The topological polar surface area (TPSA) is 81.8 Å². The Labute approximate surface area is 191 Å². The molecule has 7 nitrogen and oxygen atoms in total. The first kappa shape index (κ1) is 24.1. The van der Waals surface area contributed by atoms with E-state index in [1.54, 1.807) is 0 Å². The molecule has 4 amide bonds. The lowest BCUT2D eigenvalue weighted by Gasteiger charge is -2.42. The number of carbonyl (C=O) groups excluding carboxylic acids is 3. The fourth-order valence-electron chi connectivity index (χ4n) is 4.87. The number of unbranched alkanes of at least 4 members (excludes halogenated alkanes) is 2. The molecule has 1 aromatic carbocycles. The van der Waals surface area contributed by atoms with Crippen molar-refractivity contribution in [3.05, 3.63) is 30.3 Å². The first-order valence-electron chi connectivity index (χ1n) is 12.2. The van der Waals surface area contributed by atoms with Crippen molar-refractivity contribution in [2.75, 3.05) is 31.1 Å². The summed E-state index contributed by atoms with van der Waals surface area (Å²) in [5.74, 6) is -0.359. The molecule has 2 fully saturated rings. The highest BCUT2D eigenvalue weighted by atomic mass is 16.2. The molecule has 3 unspecified atom stereocenters. The number of imide groups is 1. The van der Waals surface area contributed by atoms with Gasteiger partial charge in [0.15, 0.2) is 0 Å². The second kappa shape index (κ2) is 11.9. The van der Waals surface area contributed by atoms with Gasteiger partial charge in [-0.1, -0.05) is 38.0 Å². The van der Waals surface area contributed by atoms with Crippen molar-refractivity contribution in [2.45, 2.75) is 64.8 Å². The summed E-state index contributed by atoms with van der Waals surface area (Å²) >= 11 is 0. The average molecular weight is 443 g/mol. The third kappa shape index (κ3) is 6.02. The Kier molecular flexibility index (Phi) is 8.94. The molecule has 0 aromatic heterocycles. The van der Waals surface area contributed by atoms with Crippen molar-refractivity contribution < 1.29 is 14.4 Å². The van der Waals surface area contributed by atoms with Crippen LogP contribution in [0.15, 0.2) is 30.3 Å². The first-order chi connectivity index (χ1) is 15.5. The fraction of sp³-hybridized carbons (Fsp3) is 0.640. The van der Waals surface area contributed by atoms with Gasteiger partial charge in [0.1, 0.15) is 0 Å². The van der Waals surface area contributed by atoms with Crippen LogP contribution in [0.1, 0.15) is 58.8 Å². The van der Waals surface area contributed by atoms with Crippen LogP contribution >= 0.6 is 0 Å². The lowest BCUT2D eigenvalue weighted by Crippen LogP contribution is -2.62. The Morgan fingerprint density at radius 1 is 1.12 bits per heavy atom. The van der Waals surface area contributed by atoms with Crippen molar-refractivity contribution in [1.29, 1.82) is 0 Å². The lowest BCUT2D eigenvalue weighted by atomic mass is 9.76. The highest BCUT2D eigenvalue weighted by molar-refractivity contribution is 5.99. The molecule has 0 radical (unpaired) electrons. The summed E-state index contributed by atoms with van der Waals surface area (Å²) in [6.07, 6.45) is 5.67. The molecule has 1 aliphatic carbocycles. The number of carbonyl (C=O) groups is 3. The maximum Gasteiger partial charge on any atom is 0.324 e. The highest BCUT2D eigenvalue weighted by Gasteiger charge is 2.45. The Bertz CT molecular complexity index is 770. The quantitative estimate of drug-likeness (QED) is 0.514. The predicted molar refractivity (Wildman–Crippen MR) is 126 cm³/mol. The van der Waals surface area contributed by atoms with Crippen molar-refractivity contribution in [3.8, 4) is 0 Å². The Morgan fingerprint density at radius 2 is 1.91 bits per heavy atom. The van der Waals surface area contributed by atoms with Crippen LogP contribution < -0.4 is 15.5 Å². The standard InChI is InChI=1S/C25H38N4O3/c1-3-5-9-17-29-24(31)21-14-13-19(18-22(21)27-25(29)32)23(30)26-15-10-16-28(4-2)20-11-7-6-8-12-20/h6-8,11-12,19,21-22H,3-5,9-10,13-18H2,1-2H3,(H,26,30)(H,27,32). The van der Waals surface area contributed by atoms with E-state index in [1.807, 2.05) is 18.2 Å². The van der Waals surface area contributed by atoms with Crippen molar-refractivity contribution >= 4 is 23.5 Å². The number of hydrogen-bond donors (Lipinski definition) is 2. The minimum atomic E-state index is -0.297. The van der Waals surface area contributed by atoms with E-state index in [0.29, 0.717) is 32.4 Å². The van der Waals surface area contributed by atoms with E-state index in [4.69, 9.17) is 0 Å². The summed E-state index contributed by atoms with van der Waals surface area (Å²) in [6, 6.07) is 9.77. The minimum Gasteiger partial charge on any atom is -0.372 e. The van der Waals surface area contributed by atoms with Crippen LogP contribution in [0.4, 0.5) is 10.5 Å². The molecular formula is C25H38N4O3. The van der Waals surface area contributed by atoms with Gasteiger partial charge in [-0.3, -0.25) is 14.5 Å². The lowest BCUT2D eigenvalue weighted by molar-refractivity contribution is -0.139. The van der Waals surface area contributed by atoms with Crippen LogP contribution in [0.3, 0.4) is 0 Å². The molecule has 176 valence electrons. The normalized spacial score (nSPS) is 22.8. The number of para-hydroxylation sites is 1. The highest BCUT2D eigenvalue weighted by Crippen LogP contribution is 2.33. The molecule has 1 saturated heterocycles. The second-order valence-corrected chi connectivity index (χ2v) is 8.93. The van der Waals surface area contributed by atoms with Crippen LogP contribution in [0.5, 0.6) is 0 Å². The van der Waals surface area contributed by atoms with Gasteiger partial charge in [-0.05, 0) is 51.2 Å². The zero-order chi connectivity index (χ0) is 22.9. The molecule has 0 spiro atoms. The smallest absolute Gasteiger partial charge is 0.324 e. The van der Waals surface area contributed by atoms with Crippen molar-refractivity contribution in [1.82, 2.24) is 15.5 Å². The zero-order valence-electron chi connectivity index (χ0n) is 19.5. The van der Waals surface area contributed by atoms with E-state index in [9.17, 15) is 14.4 Å². The van der Waals surface area contributed by atoms with Gasteiger partial charge < -0.3 is 15.5 Å². The van der Waals surface area contributed by atoms with Gasteiger partial charge in [-0.2, -0.15) is 0 Å². The van der Waals surface area contributed by atoms with Gasteiger partial charge in [0.2, 0.25) is 11.8 Å². The van der Waals surface area contributed by atoms with E-state index in [1.165, 1.54) is 10.6 Å². The van der Waals surface area contributed by atoms with E-state index >= 15 is 0 Å². The molecule has 2 N–H and O–H groups in total. The summed E-state index contributed by atoms with van der Waals surface area (Å²) in [7, 11) is 0. The van der Waals surface area contributed by atoms with E-state index in [-0.39, 0.29) is 35.7 Å². The minimum absolute atomic E-state index is 0.0401. The summed E-state index contributed by atoms with van der Waals surface area (Å²) in [5, 5.41) is 6.07. The molecule has 1 heterocycles. The van der Waals surface area contributed by atoms with Crippen LogP contribution in [0.25, 0.3) is 0 Å². The van der Waals surface area contributed by atoms with Gasteiger partial charge in [0.05, 0.1) is 5.92 Å².